The second kappa shape index (κ2) is 14.2. The van der Waals surface area contributed by atoms with Crippen molar-refractivity contribution in [2.75, 3.05) is 24.8 Å². The highest BCUT2D eigenvalue weighted by atomic mass is 35.5. The van der Waals surface area contributed by atoms with Crippen molar-refractivity contribution in [2.24, 2.45) is 0 Å². The van der Waals surface area contributed by atoms with Crippen molar-refractivity contribution in [2.45, 2.75) is 39.4 Å². The molecule has 0 saturated carbocycles. The summed E-state index contributed by atoms with van der Waals surface area (Å²) in [5.41, 5.74) is 2.78. The van der Waals surface area contributed by atoms with Gasteiger partial charge in [-0.1, -0.05) is 36.2 Å². The first-order valence-electron chi connectivity index (χ1n) is 12.8. The van der Waals surface area contributed by atoms with Crippen molar-refractivity contribution in [1.82, 2.24) is 5.32 Å². The van der Waals surface area contributed by atoms with Crippen LogP contribution in [0.25, 0.3) is 0 Å². The summed E-state index contributed by atoms with van der Waals surface area (Å²) in [4.78, 5) is 50.3. The Balaban J connectivity index is 1.73. The van der Waals surface area contributed by atoms with Gasteiger partial charge in [0.25, 0.3) is 23.8 Å². The van der Waals surface area contributed by atoms with E-state index in [-0.39, 0.29) is 27.9 Å². The van der Waals surface area contributed by atoms with Crippen molar-refractivity contribution < 1.29 is 33.4 Å². The molecule has 0 spiro atoms. The van der Waals surface area contributed by atoms with Gasteiger partial charge in [0.15, 0.2) is 6.10 Å². The number of carbonyl (C=O) groups excluding carboxylic acids is 4. The van der Waals surface area contributed by atoms with Crippen LogP contribution < -0.4 is 25.4 Å². The first-order valence-corrected chi connectivity index (χ1v) is 13.2. The predicted molar refractivity (Wildman–Crippen MR) is 156 cm³/mol. The SMILES string of the molecule is CCC(Oc1ccc(C)cc1C)C(=O)Nc1ccc(Cl)c(NC(=O)C(Oc2ccc(C(=O)OC)cc2)C(=O)NC)c1. The lowest BCUT2D eigenvalue weighted by molar-refractivity contribution is -0.136. The third kappa shape index (κ3) is 8.21. The van der Waals surface area contributed by atoms with Gasteiger partial charge in [-0.25, -0.2) is 4.79 Å². The molecule has 3 N–H and O–H groups in total. The van der Waals surface area contributed by atoms with E-state index in [2.05, 4.69) is 20.7 Å². The molecular weight excluding hydrogens is 550 g/mol. The maximum Gasteiger partial charge on any atom is 0.337 e. The molecule has 0 heterocycles. The molecule has 3 aromatic carbocycles. The van der Waals surface area contributed by atoms with E-state index in [1.807, 2.05) is 39.0 Å². The van der Waals surface area contributed by atoms with Crippen LogP contribution in [-0.4, -0.2) is 50.1 Å². The number of amides is 3. The minimum absolute atomic E-state index is 0.149. The molecule has 3 rings (SSSR count). The van der Waals surface area contributed by atoms with Gasteiger partial charge in [0.1, 0.15) is 11.5 Å². The fraction of sp³-hybridized carbons (Fsp3) is 0.267. The number of ether oxygens (including phenoxy) is 3. The topological polar surface area (TPSA) is 132 Å². The number of benzene rings is 3. The van der Waals surface area contributed by atoms with Gasteiger partial charge in [0, 0.05) is 12.7 Å². The molecule has 0 radical (unpaired) electrons. The van der Waals surface area contributed by atoms with Gasteiger partial charge in [-0.15, -0.1) is 0 Å². The normalized spacial score (nSPS) is 12.0. The number of esters is 1. The summed E-state index contributed by atoms with van der Waals surface area (Å²) in [7, 11) is 2.62. The van der Waals surface area contributed by atoms with Crippen LogP contribution in [0.3, 0.4) is 0 Å². The largest absolute Gasteiger partial charge is 0.480 e. The summed E-state index contributed by atoms with van der Waals surface area (Å²) < 4.78 is 16.2. The average Bonchev–Trinajstić information content (AvgIpc) is 2.96. The second-order valence-corrected chi connectivity index (χ2v) is 9.49. The number of hydrogen-bond donors (Lipinski definition) is 3. The Morgan fingerprint density at radius 3 is 2.17 bits per heavy atom. The molecule has 3 amide bonds. The van der Waals surface area contributed by atoms with Gasteiger partial charge in [0.2, 0.25) is 0 Å². The van der Waals surface area contributed by atoms with Crippen LogP contribution in [-0.2, 0) is 19.1 Å². The zero-order valence-corrected chi connectivity index (χ0v) is 24.1. The predicted octanol–water partition coefficient (Wildman–Crippen LogP) is 4.67. The van der Waals surface area contributed by atoms with Crippen LogP contribution in [0.1, 0.15) is 34.8 Å². The molecule has 11 heteroatoms. The van der Waals surface area contributed by atoms with E-state index in [4.69, 9.17) is 21.1 Å². The lowest BCUT2D eigenvalue weighted by atomic mass is 10.1. The highest BCUT2D eigenvalue weighted by Gasteiger charge is 2.29. The smallest absolute Gasteiger partial charge is 0.337 e. The molecule has 2 unspecified atom stereocenters. The molecule has 0 bridgehead atoms. The minimum Gasteiger partial charge on any atom is -0.480 e. The quantitative estimate of drug-likeness (QED) is 0.221. The first kappa shape index (κ1) is 31.0. The third-order valence-corrected chi connectivity index (χ3v) is 6.34. The minimum atomic E-state index is -1.59. The van der Waals surface area contributed by atoms with E-state index >= 15 is 0 Å². The summed E-state index contributed by atoms with van der Waals surface area (Å²) in [6, 6.07) is 16.0. The molecule has 10 nitrogen and oxygen atoms in total. The van der Waals surface area contributed by atoms with Crippen molar-refractivity contribution in [3.8, 4) is 11.5 Å². The standard InChI is InChI=1S/C30H32ClN3O7/c1-6-24(41-25-14-7-17(2)15-18(25)3)27(35)33-20-10-13-22(31)23(16-20)34-29(37)26(28(36)32-4)40-21-11-8-19(9-12-21)30(38)39-5/h7-16,24,26H,6H2,1-5H3,(H,32,36)(H,33,35)(H,34,37). The van der Waals surface area contributed by atoms with Crippen molar-refractivity contribution in [1.29, 1.82) is 0 Å². The number of anilines is 2. The number of hydrogen-bond acceptors (Lipinski definition) is 7. The molecule has 0 aliphatic rings. The molecule has 0 saturated heterocycles. The Morgan fingerprint density at radius 1 is 0.854 bits per heavy atom. The van der Waals surface area contributed by atoms with Gasteiger partial charge in [0.05, 0.1) is 23.4 Å². The first-order chi connectivity index (χ1) is 19.6. The second-order valence-electron chi connectivity index (χ2n) is 9.08. The fourth-order valence-corrected chi connectivity index (χ4v) is 3.97. The number of carbonyl (C=O) groups is 4. The fourth-order valence-electron chi connectivity index (χ4n) is 3.81. The zero-order chi connectivity index (χ0) is 30.1. The van der Waals surface area contributed by atoms with Gasteiger partial charge in [-0.3, -0.25) is 14.4 Å². The van der Waals surface area contributed by atoms with Gasteiger partial charge < -0.3 is 30.2 Å². The van der Waals surface area contributed by atoms with Crippen LogP contribution in [0.15, 0.2) is 60.7 Å². The number of likely N-dealkylation sites (N-methyl/N-ethyl adjacent to an activating group) is 1. The van der Waals surface area contributed by atoms with Crippen LogP contribution >= 0.6 is 11.6 Å². The summed E-state index contributed by atoms with van der Waals surface area (Å²) in [6.07, 6.45) is -1.93. The van der Waals surface area contributed by atoms with E-state index in [0.717, 1.165) is 11.1 Å². The maximum atomic E-state index is 13.1. The highest BCUT2D eigenvalue weighted by molar-refractivity contribution is 6.34. The summed E-state index contributed by atoms with van der Waals surface area (Å²) in [5.74, 6) is -1.66. The van der Waals surface area contributed by atoms with Crippen LogP contribution in [0.5, 0.6) is 11.5 Å². The molecule has 0 aromatic heterocycles. The lowest BCUT2D eigenvalue weighted by Crippen LogP contribution is -2.45. The van der Waals surface area contributed by atoms with Gasteiger partial charge in [-0.05, 0) is 74.4 Å². The molecule has 0 fully saturated rings. The zero-order valence-electron chi connectivity index (χ0n) is 23.4. The Bertz CT molecular complexity index is 1430. The molecule has 41 heavy (non-hydrogen) atoms. The van der Waals surface area contributed by atoms with Crippen LogP contribution in [0, 0.1) is 13.8 Å². The van der Waals surface area contributed by atoms with E-state index in [1.165, 1.54) is 50.6 Å². The lowest BCUT2D eigenvalue weighted by Gasteiger charge is -2.20. The molecule has 3 aromatic rings. The molecule has 216 valence electrons. The van der Waals surface area contributed by atoms with Gasteiger partial charge in [-0.2, -0.15) is 0 Å². The molecule has 2 atom stereocenters. The van der Waals surface area contributed by atoms with Gasteiger partial charge >= 0.3 is 5.97 Å². The van der Waals surface area contributed by atoms with Crippen LogP contribution in [0.2, 0.25) is 5.02 Å². The number of aryl methyl sites for hydroxylation is 2. The van der Waals surface area contributed by atoms with E-state index < -0.39 is 30.0 Å². The number of nitrogens with one attached hydrogen (secondary N) is 3. The van der Waals surface area contributed by atoms with E-state index in [1.54, 1.807) is 6.07 Å². The van der Waals surface area contributed by atoms with Crippen molar-refractivity contribution in [3.05, 3.63) is 82.4 Å². The molecule has 0 aliphatic carbocycles. The maximum absolute atomic E-state index is 13.1. The van der Waals surface area contributed by atoms with Crippen LogP contribution in [0.4, 0.5) is 11.4 Å². The Morgan fingerprint density at radius 2 is 1.56 bits per heavy atom. The number of halogens is 1. The Hall–Kier alpha value is -4.57. The third-order valence-electron chi connectivity index (χ3n) is 6.01. The average molecular weight is 582 g/mol. The number of rotatable bonds is 11. The molecule has 0 aliphatic heterocycles. The van der Waals surface area contributed by atoms with Crippen molar-refractivity contribution >= 4 is 46.7 Å². The highest BCUT2D eigenvalue weighted by Crippen LogP contribution is 2.27. The van der Waals surface area contributed by atoms with Crippen molar-refractivity contribution in [3.63, 3.8) is 0 Å². The van der Waals surface area contributed by atoms with E-state index in [9.17, 15) is 19.2 Å². The molecular formula is C30H32ClN3O7. The summed E-state index contributed by atoms with van der Waals surface area (Å²) in [6.45, 7) is 5.72. The Labute approximate surface area is 243 Å². The monoisotopic (exact) mass is 581 g/mol. The summed E-state index contributed by atoms with van der Waals surface area (Å²) in [5, 5.41) is 7.93. The Kier molecular flexibility index (Phi) is 10.7. The number of methoxy groups -OCH3 is 1. The summed E-state index contributed by atoms with van der Waals surface area (Å²) >= 11 is 6.31. The van der Waals surface area contributed by atoms with E-state index in [0.29, 0.717) is 17.9 Å².